The van der Waals surface area contributed by atoms with Crippen molar-refractivity contribution in [2.24, 2.45) is 0 Å². The molecule has 0 unspecified atom stereocenters. The molecule has 1 aromatic heterocycles. The number of amides is 1. The number of rotatable bonds is 7. The molecule has 6 heteroatoms. The van der Waals surface area contributed by atoms with Gasteiger partial charge in [-0.05, 0) is 43.2 Å². The van der Waals surface area contributed by atoms with Crippen LogP contribution >= 0.6 is 0 Å². The highest BCUT2D eigenvalue weighted by molar-refractivity contribution is 6.03. The Morgan fingerprint density at radius 3 is 2.56 bits per heavy atom. The highest BCUT2D eigenvalue weighted by Crippen LogP contribution is 2.18. The average Bonchev–Trinajstić information content (AvgIpc) is 2.68. The van der Waals surface area contributed by atoms with E-state index in [4.69, 9.17) is 4.74 Å². The fourth-order valence-corrected chi connectivity index (χ4v) is 2.70. The summed E-state index contributed by atoms with van der Waals surface area (Å²) in [5, 5.41) is 6.02. The molecule has 0 saturated heterocycles. The third-order valence-electron chi connectivity index (χ3n) is 3.99. The highest BCUT2D eigenvalue weighted by Gasteiger charge is 2.11. The maximum Gasteiger partial charge on any atom is 0.274 e. The van der Waals surface area contributed by atoms with Crippen molar-refractivity contribution in [1.29, 1.82) is 0 Å². The topological polar surface area (TPSA) is 76.1 Å². The Morgan fingerprint density at radius 1 is 1.04 bits per heavy atom. The number of carbonyl (C=O) groups excluding carboxylic acids is 1. The lowest BCUT2D eigenvalue weighted by molar-refractivity contribution is 0.102. The van der Waals surface area contributed by atoms with E-state index in [2.05, 4.69) is 20.6 Å². The van der Waals surface area contributed by atoms with E-state index >= 15 is 0 Å². The van der Waals surface area contributed by atoms with Crippen molar-refractivity contribution in [3.8, 4) is 5.75 Å². The van der Waals surface area contributed by atoms with E-state index < -0.39 is 0 Å². The Bertz CT molecular complexity index is 913. The van der Waals surface area contributed by atoms with E-state index in [-0.39, 0.29) is 5.91 Å². The maximum atomic E-state index is 12.5. The van der Waals surface area contributed by atoms with Gasteiger partial charge < -0.3 is 15.4 Å². The lowest BCUT2D eigenvalue weighted by atomic mass is 10.1. The summed E-state index contributed by atoms with van der Waals surface area (Å²) >= 11 is 0. The van der Waals surface area contributed by atoms with Crippen molar-refractivity contribution in [2.45, 2.75) is 13.3 Å². The van der Waals surface area contributed by atoms with Crippen LogP contribution in [0.3, 0.4) is 0 Å². The molecule has 2 aromatic carbocycles. The lowest BCUT2D eigenvalue weighted by Crippen LogP contribution is -2.17. The first-order chi connectivity index (χ1) is 13.2. The second-order valence-electron chi connectivity index (χ2n) is 6.03. The van der Waals surface area contributed by atoms with Gasteiger partial charge in [-0.3, -0.25) is 4.79 Å². The van der Waals surface area contributed by atoms with Gasteiger partial charge in [0.15, 0.2) is 0 Å². The number of para-hydroxylation sites is 2. The number of aromatic nitrogens is 2. The van der Waals surface area contributed by atoms with E-state index in [1.54, 1.807) is 13.2 Å². The van der Waals surface area contributed by atoms with E-state index in [1.165, 1.54) is 0 Å². The van der Waals surface area contributed by atoms with E-state index in [9.17, 15) is 4.79 Å². The van der Waals surface area contributed by atoms with Gasteiger partial charge in [-0.1, -0.05) is 36.4 Å². The van der Waals surface area contributed by atoms with Crippen LogP contribution in [-0.4, -0.2) is 29.5 Å². The predicted molar refractivity (Wildman–Crippen MR) is 106 cm³/mol. The lowest BCUT2D eigenvalue weighted by Gasteiger charge is -2.10. The van der Waals surface area contributed by atoms with Crippen LogP contribution in [0.15, 0.2) is 60.7 Å². The van der Waals surface area contributed by atoms with Crippen LogP contribution in [0.4, 0.5) is 11.6 Å². The molecule has 0 radical (unpaired) electrons. The molecule has 138 valence electrons. The Kier molecular flexibility index (Phi) is 5.99. The van der Waals surface area contributed by atoms with Crippen LogP contribution in [-0.2, 0) is 6.42 Å². The summed E-state index contributed by atoms with van der Waals surface area (Å²) in [6.07, 6.45) is 0.757. The first-order valence-electron chi connectivity index (χ1n) is 8.73. The summed E-state index contributed by atoms with van der Waals surface area (Å²) in [5.41, 5.74) is 2.88. The number of benzene rings is 2. The highest BCUT2D eigenvalue weighted by atomic mass is 16.5. The van der Waals surface area contributed by atoms with Gasteiger partial charge in [-0.2, -0.15) is 0 Å². The molecule has 0 aliphatic heterocycles. The third-order valence-corrected chi connectivity index (χ3v) is 3.99. The molecule has 27 heavy (non-hydrogen) atoms. The van der Waals surface area contributed by atoms with Crippen LogP contribution in [0.25, 0.3) is 0 Å². The standard InChI is InChI=1S/C21H22N4O2/c1-15-14-18(20(26)24-17-9-4-3-5-10-17)25-21(23-15)22-13-12-16-8-6-7-11-19(16)27-2/h3-11,14H,12-13H2,1-2H3,(H,24,26)(H,22,23,25). The number of anilines is 2. The molecule has 1 heterocycles. The number of aryl methyl sites for hydroxylation is 1. The molecule has 0 spiro atoms. The largest absolute Gasteiger partial charge is 0.496 e. The van der Waals surface area contributed by atoms with E-state index in [0.717, 1.165) is 29.1 Å². The fraction of sp³-hybridized carbons (Fsp3) is 0.190. The van der Waals surface area contributed by atoms with Gasteiger partial charge in [0.1, 0.15) is 11.4 Å². The molecule has 0 fully saturated rings. The fourth-order valence-electron chi connectivity index (χ4n) is 2.70. The van der Waals surface area contributed by atoms with Crippen LogP contribution < -0.4 is 15.4 Å². The van der Waals surface area contributed by atoms with E-state index in [1.807, 2.05) is 61.5 Å². The van der Waals surface area contributed by atoms with Gasteiger partial charge in [-0.25, -0.2) is 9.97 Å². The monoisotopic (exact) mass is 362 g/mol. The summed E-state index contributed by atoms with van der Waals surface area (Å²) in [4.78, 5) is 21.2. The number of hydrogen-bond donors (Lipinski definition) is 2. The summed E-state index contributed by atoms with van der Waals surface area (Å²) in [6, 6.07) is 18.8. The summed E-state index contributed by atoms with van der Waals surface area (Å²) in [5.74, 6) is 1.02. The molecule has 0 bridgehead atoms. The number of nitrogens with zero attached hydrogens (tertiary/aromatic N) is 2. The van der Waals surface area contributed by atoms with Gasteiger partial charge in [0.25, 0.3) is 5.91 Å². The molecule has 0 saturated carbocycles. The summed E-state index contributed by atoms with van der Waals surface area (Å²) in [6.45, 7) is 2.47. The third kappa shape index (κ3) is 5.04. The summed E-state index contributed by atoms with van der Waals surface area (Å²) in [7, 11) is 1.66. The minimum absolute atomic E-state index is 0.264. The minimum atomic E-state index is -0.264. The molecular formula is C21H22N4O2. The number of hydrogen-bond acceptors (Lipinski definition) is 5. The van der Waals surface area contributed by atoms with Crippen LogP contribution in [0.5, 0.6) is 5.75 Å². The Morgan fingerprint density at radius 2 is 1.78 bits per heavy atom. The normalized spacial score (nSPS) is 10.3. The van der Waals surface area contributed by atoms with Crippen molar-refractivity contribution in [3.63, 3.8) is 0 Å². The van der Waals surface area contributed by atoms with Crippen LogP contribution in [0.2, 0.25) is 0 Å². The second kappa shape index (κ2) is 8.80. The van der Waals surface area contributed by atoms with Gasteiger partial charge in [0, 0.05) is 17.9 Å². The maximum absolute atomic E-state index is 12.5. The number of carbonyl (C=O) groups is 1. The Balaban J connectivity index is 1.65. The molecule has 3 rings (SSSR count). The first-order valence-corrected chi connectivity index (χ1v) is 8.73. The zero-order valence-electron chi connectivity index (χ0n) is 15.4. The van der Waals surface area contributed by atoms with Crippen molar-refractivity contribution < 1.29 is 9.53 Å². The smallest absolute Gasteiger partial charge is 0.274 e. The first kappa shape index (κ1) is 18.4. The molecule has 2 N–H and O–H groups in total. The zero-order chi connectivity index (χ0) is 19.1. The molecule has 6 nitrogen and oxygen atoms in total. The van der Waals surface area contributed by atoms with Gasteiger partial charge in [-0.15, -0.1) is 0 Å². The van der Waals surface area contributed by atoms with Gasteiger partial charge in [0.05, 0.1) is 7.11 Å². The van der Waals surface area contributed by atoms with Gasteiger partial charge in [0.2, 0.25) is 5.95 Å². The SMILES string of the molecule is COc1ccccc1CCNc1nc(C)cc(C(=O)Nc2ccccc2)n1. The van der Waals surface area contributed by atoms with Crippen molar-refractivity contribution in [2.75, 3.05) is 24.3 Å². The number of methoxy groups -OCH3 is 1. The molecule has 0 aliphatic carbocycles. The predicted octanol–water partition coefficient (Wildman–Crippen LogP) is 3.70. The average molecular weight is 362 g/mol. The molecular weight excluding hydrogens is 340 g/mol. The second-order valence-corrected chi connectivity index (χ2v) is 6.03. The van der Waals surface area contributed by atoms with Crippen LogP contribution in [0.1, 0.15) is 21.7 Å². The molecule has 1 amide bonds. The molecule has 3 aromatic rings. The Labute approximate surface area is 158 Å². The van der Waals surface area contributed by atoms with Crippen molar-refractivity contribution in [1.82, 2.24) is 9.97 Å². The quantitative estimate of drug-likeness (QED) is 0.670. The van der Waals surface area contributed by atoms with Crippen LogP contribution in [0, 0.1) is 6.92 Å². The van der Waals surface area contributed by atoms with Gasteiger partial charge >= 0.3 is 0 Å². The van der Waals surface area contributed by atoms with Crippen molar-refractivity contribution in [3.05, 3.63) is 77.6 Å². The molecule has 0 atom stereocenters. The molecule has 0 aliphatic rings. The van der Waals surface area contributed by atoms with Crippen molar-refractivity contribution >= 4 is 17.5 Å². The Hall–Kier alpha value is -3.41. The minimum Gasteiger partial charge on any atom is -0.496 e. The zero-order valence-corrected chi connectivity index (χ0v) is 15.4. The van der Waals surface area contributed by atoms with E-state index in [0.29, 0.717) is 18.2 Å². The summed E-state index contributed by atoms with van der Waals surface area (Å²) < 4.78 is 5.36. The number of nitrogens with one attached hydrogen (secondary N) is 2. The number of ether oxygens (including phenoxy) is 1.